The molecule has 0 bridgehead atoms. The Balaban J connectivity index is 2.10. The number of H-pyrrole nitrogens is 1. The first-order chi connectivity index (χ1) is 9.74. The Hall–Kier alpha value is -2.88. The molecule has 98 valence electrons. The van der Waals surface area contributed by atoms with Crippen molar-refractivity contribution in [3.8, 4) is 22.3 Å². The number of nitrogens with two attached hydrogens (primary N) is 1. The molecular formula is C16H13N3O. The highest BCUT2D eigenvalue weighted by molar-refractivity contribution is 5.77. The van der Waals surface area contributed by atoms with Gasteiger partial charge in [-0.15, -0.1) is 0 Å². The summed E-state index contributed by atoms with van der Waals surface area (Å²) in [7, 11) is 0. The number of anilines is 1. The fraction of sp³-hybridized carbons (Fsp3) is 0. The molecule has 3 N–H and O–H groups in total. The van der Waals surface area contributed by atoms with E-state index in [0.29, 0.717) is 5.82 Å². The molecular weight excluding hydrogens is 250 g/mol. The van der Waals surface area contributed by atoms with Crippen molar-refractivity contribution in [2.75, 3.05) is 5.73 Å². The van der Waals surface area contributed by atoms with Gasteiger partial charge in [-0.05, 0) is 22.8 Å². The minimum atomic E-state index is -0.439. The van der Waals surface area contributed by atoms with Crippen molar-refractivity contribution < 1.29 is 0 Å². The number of nitrogens with one attached hydrogen (secondary N) is 1. The predicted octanol–water partition coefficient (Wildman–Crippen LogP) is 2.69. The number of benzene rings is 2. The lowest BCUT2D eigenvalue weighted by atomic mass is 10.0. The van der Waals surface area contributed by atoms with Crippen LogP contribution in [-0.4, -0.2) is 9.97 Å². The lowest BCUT2D eigenvalue weighted by molar-refractivity contribution is 1.09. The molecule has 0 saturated carbocycles. The molecule has 4 nitrogen and oxygen atoms in total. The van der Waals surface area contributed by atoms with Crippen molar-refractivity contribution in [1.82, 2.24) is 9.97 Å². The molecule has 0 atom stereocenters. The van der Waals surface area contributed by atoms with E-state index < -0.39 is 5.69 Å². The lowest BCUT2D eigenvalue weighted by Gasteiger charge is -2.07. The van der Waals surface area contributed by atoms with Crippen LogP contribution >= 0.6 is 0 Å². The van der Waals surface area contributed by atoms with Gasteiger partial charge in [-0.25, -0.2) is 9.78 Å². The third-order valence-corrected chi connectivity index (χ3v) is 3.12. The molecule has 0 spiro atoms. The van der Waals surface area contributed by atoms with E-state index in [-0.39, 0.29) is 0 Å². The van der Waals surface area contributed by atoms with Crippen molar-refractivity contribution in [3.63, 3.8) is 0 Å². The largest absolute Gasteiger partial charge is 0.385 e. The summed E-state index contributed by atoms with van der Waals surface area (Å²) in [6, 6.07) is 18.0. The molecule has 4 heteroatoms. The maximum absolute atomic E-state index is 11.1. The number of hydrogen-bond donors (Lipinski definition) is 2. The monoisotopic (exact) mass is 263 g/mol. The zero-order valence-electron chi connectivity index (χ0n) is 10.7. The SMILES string of the molecule is Nc1[nH]c(=O)ncc1-c1cccc(-c2ccccc2)c1. The normalized spacial score (nSPS) is 10.4. The first kappa shape index (κ1) is 12.2. The lowest BCUT2D eigenvalue weighted by Crippen LogP contribution is -2.12. The summed E-state index contributed by atoms with van der Waals surface area (Å²) in [5.74, 6) is 0.329. The highest BCUT2D eigenvalue weighted by Gasteiger charge is 2.05. The van der Waals surface area contributed by atoms with Gasteiger partial charge in [0.1, 0.15) is 5.82 Å². The van der Waals surface area contributed by atoms with Crippen LogP contribution in [-0.2, 0) is 0 Å². The van der Waals surface area contributed by atoms with Crippen LogP contribution in [0.4, 0.5) is 5.82 Å². The number of aromatic nitrogens is 2. The zero-order valence-corrected chi connectivity index (χ0v) is 10.7. The van der Waals surface area contributed by atoms with Gasteiger partial charge in [0.15, 0.2) is 0 Å². The Labute approximate surface area is 115 Å². The Morgan fingerprint density at radius 1 is 0.900 bits per heavy atom. The number of aromatic amines is 1. The molecule has 0 aliphatic rings. The standard InChI is InChI=1S/C16H13N3O/c17-15-14(10-18-16(20)19-15)13-8-4-7-12(9-13)11-5-2-1-3-6-11/h1-10H,(H3,17,18,19,20). The topological polar surface area (TPSA) is 71.8 Å². The Kier molecular flexibility index (Phi) is 3.05. The van der Waals surface area contributed by atoms with Gasteiger partial charge < -0.3 is 5.73 Å². The Bertz CT molecular complexity index is 794. The molecule has 0 radical (unpaired) electrons. The maximum atomic E-state index is 11.1. The van der Waals surface area contributed by atoms with E-state index in [1.807, 2.05) is 54.6 Å². The van der Waals surface area contributed by atoms with Crippen molar-refractivity contribution >= 4 is 5.82 Å². The average molecular weight is 263 g/mol. The van der Waals surface area contributed by atoms with Crippen LogP contribution in [0.5, 0.6) is 0 Å². The van der Waals surface area contributed by atoms with Gasteiger partial charge in [-0.2, -0.15) is 0 Å². The molecule has 3 rings (SSSR count). The van der Waals surface area contributed by atoms with Crippen LogP contribution in [0.2, 0.25) is 0 Å². The summed E-state index contributed by atoms with van der Waals surface area (Å²) in [4.78, 5) is 17.4. The molecule has 20 heavy (non-hydrogen) atoms. The van der Waals surface area contributed by atoms with Crippen LogP contribution in [0.1, 0.15) is 0 Å². The summed E-state index contributed by atoms with van der Waals surface area (Å²) in [6.07, 6.45) is 1.50. The van der Waals surface area contributed by atoms with Crippen molar-refractivity contribution in [2.24, 2.45) is 0 Å². The zero-order chi connectivity index (χ0) is 13.9. The summed E-state index contributed by atoms with van der Waals surface area (Å²) >= 11 is 0. The Morgan fingerprint density at radius 3 is 2.35 bits per heavy atom. The molecule has 1 aromatic heterocycles. The first-order valence-corrected chi connectivity index (χ1v) is 6.25. The summed E-state index contributed by atoms with van der Waals surface area (Å²) in [5.41, 5.74) is 9.28. The van der Waals surface area contributed by atoms with Crippen LogP contribution in [0.3, 0.4) is 0 Å². The Morgan fingerprint density at radius 2 is 1.60 bits per heavy atom. The van der Waals surface area contributed by atoms with Crippen LogP contribution in [0.25, 0.3) is 22.3 Å². The molecule has 0 aliphatic heterocycles. The van der Waals surface area contributed by atoms with E-state index in [4.69, 9.17) is 5.73 Å². The van der Waals surface area contributed by atoms with Gasteiger partial charge in [0, 0.05) is 11.8 Å². The minimum Gasteiger partial charge on any atom is -0.385 e. The van der Waals surface area contributed by atoms with Gasteiger partial charge in [-0.1, -0.05) is 48.5 Å². The fourth-order valence-corrected chi connectivity index (χ4v) is 2.13. The van der Waals surface area contributed by atoms with Crippen molar-refractivity contribution in [2.45, 2.75) is 0 Å². The van der Waals surface area contributed by atoms with E-state index in [1.54, 1.807) is 0 Å². The summed E-state index contributed by atoms with van der Waals surface area (Å²) in [5, 5.41) is 0. The number of rotatable bonds is 2. The van der Waals surface area contributed by atoms with E-state index in [0.717, 1.165) is 22.3 Å². The first-order valence-electron chi connectivity index (χ1n) is 6.25. The third kappa shape index (κ3) is 2.31. The number of nitrogens with zero attached hydrogens (tertiary/aromatic N) is 1. The van der Waals surface area contributed by atoms with E-state index in [1.165, 1.54) is 6.20 Å². The third-order valence-electron chi connectivity index (χ3n) is 3.12. The number of nitrogen functional groups attached to an aromatic ring is 1. The summed E-state index contributed by atoms with van der Waals surface area (Å²) in [6.45, 7) is 0. The molecule has 0 fully saturated rings. The van der Waals surface area contributed by atoms with Gasteiger partial charge in [0.05, 0.1) is 0 Å². The highest BCUT2D eigenvalue weighted by atomic mass is 16.1. The molecule has 0 saturated heterocycles. The predicted molar refractivity (Wildman–Crippen MR) is 80.1 cm³/mol. The van der Waals surface area contributed by atoms with E-state index in [9.17, 15) is 4.79 Å². The molecule has 0 aliphatic carbocycles. The second kappa shape index (κ2) is 5.01. The van der Waals surface area contributed by atoms with Gasteiger partial charge in [0.2, 0.25) is 0 Å². The molecule has 1 heterocycles. The van der Waals surface area contributed by atoms with Crippen LogP contribution in [0, 0.1) is 0 Å². The van der Waals surface area contributed by atoms with E-state index in [2.05, 4.69) is 9.97 Å². The molecule has 0 amide bonds. The van der Waals surface area contributed by atoms with Gasteiger partial charge >= 0.3 is 5.69 Å². The molecule has 2 aromatic carbocycles. The highest BCUT2D eigenvalue weighted by Crippen LogP contribution is 2.27. The van der Waals surface area contributed by atoms with Crippen molar-refractivity contribution in [3.05, 3.63) is 71.3 Å². The van der Waals surface area contributed by atoms with Crippen molar-refractivity contribution in [1.29, 1.82) is 0 Å². The maximum Gasteiger partial charge on any atom is 0.346 e. The second-order valence-electron chi connectivity index (χ2n) is 4.46. The van der Waals surface area contributed by atoms with Gasteiger partial charge in [-0.3, -0.25) is 4.98 Å². The fourth-order valence-electron chi connectivity index (χ4n) is 2.13. The second-order valence-corrected chi connectivity index (χ2v) is 4.46. The quantitative estimate of drug-likeness (QED) is 0.746. The van der Waals surface area contributed by atoms with Crippen LogP contribution in [0.15, 0.2) is 65.6 Å². The summed E-state index contributed by atoms with van der Waals surface area (Å²) < 4.78 is 0. The average Bonchev–Trinajstić information content (AvgIpc) is 2.48. The van der Waals surface area contributed by atoms with Gasteiger partial charge in [0.25, 0.3) is 0 Å². The molecule has 3 aromatic rings. The van der Waals surface area contributed by atoms with Crippen LogP contribution < -0.4 is 11.4 Å². The number of hydrogen-bond acceptors (Lipinski definition) is 3. The minimum absolute atomic E-state index is 0.329. The smallest absolute Gasteiger partial charge is 0.346 e. The molecule has 0 unspecified atom stereocenters. The van der Waals surface area contributed by atoms with E-state index >= 15 is 0 Å².